The molecule has 6 nitrogen and oxygen atoms in total. The van der Waals surface area contributed by atoms with Crippen LogP contribution in [-0.4, -0.2) is 43.1 Å². The Hall–Kier alpha value is -2.66. The average Bonchev–Trinajstić information content (AvgIpc) is 3.44. The van der Waals surface area contributed by atoms with Crippen LogP contribution in [0.15, 0.2) is 53.4 Å². The van der Waals surface area contributed by atoms with Crippen LogP contribution in [0.3, 0.4) is 0 Å². The van der Waals surface area contributed by atoms with E-state index >= 15 is 0 Å². The molecule has 0 unspecified atom stereocenters. The second-order valence-corrected chi connectivity index (χ2v) is 13.0. The van der Waals surface area contributed by atoms with Gasteiger partial charge >= 0.3 is 0 Å². The van der Waals surface area contributed by atoms with Gasteiger partial charge in [-0.1, -0.05) is 19.1 Å². The first kappa shape index (κ1) is 25.0. The van der Waals surface area contributed by atoms with E-state index in [9.17, 15) is 17.6 Å². The van der Waals surface area contributed by atoms with Gasteiger partial charge in [0.1, 0.15) is 15.8 Å². The number of aromatic nitrogens is 1. The molecule has 0 bridgehead atoms. The smallest absolute Gasteiger partial charge is 0.225 e. The molecule has 188 valence electrons. The number of para-hydroxylation sites is 1. The zero-order valence-electron chi connectivity index (χ0n) is 19.8. The molecule has 1 amide bonds. The number of carbonyl (C=O) groups excluding carboxylic acids is 1. The van der Waals surface area contributed by atoms with Crippen LogP contribution in [0.2, 0.25) is 0 Å². The Bertz CT molecular complexity index is 1480. The Morgan fingerprint density at radius 3 is 2.67 bits per heavy atom. The van der Waals surface area contributed by atoms with Gasteiger partial charge in [0.2, 0.25) is 5.91 Å². The van der Waals surface area contributed by atoms with Gasteiger partial charge in [-0.25, -0.2) is 17.8 Å². The monoisotopic (exact) mass is 543 g/mol. The van der Waals surface area contributed by atoms with E-state index < -0.39 is 15.7 Å². The first-order valence-electron chi connectivity index (χ1n) is 11.8. The van der Waals surface area contributed by atoms with Crippen molar-refractivity contribution in [3.63, 3.8) is 0 Å². The Balaban J connectivity index is 1.34. The zero-order valence-corrected chi connectivity index (χ0v) is 22.2. The highest BCUT2D eigenvalue weighted by Crippen LogP contribution is 2.45. The molecule has 0 fully saturated rings. The van der Waals surface area contributed by atoms with Crippen LogP contribution in [-0.2, 0) is 27.6 Å². The summed E-state index contributed by atoms with van der Waals surface area (Å²) in [6.45, 7) is 4.93. The molecular formula is C26H26FN3O3S3. The number of fused-ring (bicyclic) bond motifs is 2. The standard InChI is InChI=1S/C26H26FN3O3S3/c1-2-30-14-13-19-22(16-30)35-26(24(19)25-28-20-6-3-4-7-21(20)34-25)29-23(31)8-5-15-36(32,33)18-11-9-17(27)10-12-18/h3-4,6-7,9-12H,2,5,8,13-16H2,1H3,(H,29,31). The van der Waals surface area contributed by atoms with Crippen molar-refractivity contribution in [1.82, 2.24) is 9.88 Å². The maximum Gasteiger partial charge on any atom is 0.225 e. The van der Waals surface area contributed by atoms with E-state index in [-0.39, 0.29) is 29.4 Å². The van der Waals surface area contributed by atoms with E-state index in [2.05, 4.69) is 17.1 Å². The molecule has 5 rings (SSSR count). The molecule has 2 aromatic heterocycles. The molecule has 2 aromatic carbocycles. The third kappa shape index (κ3) is 5.22. The fourth-order valence-corrected chi connectivity index (χ4v) is 8.12. The van der Waals surface area contributed by atoms with Crippen LogP contribution in [0, 0.1) is 5.82 Å². The lowest BCUT2D eigenvalue weighted by Crippen LogP contribution is -2.29. The summed E-state index contributed by atoms with van der Waals surface area (Å²) in [4.78, 5) is 21.4. The van der Waals surface area contributed by atoms with Gasteiger partial charge in [0.05, 0.1) is 20.9 Å². The minimum atomic E-state index is -3.58. The number of carbonyl (C=O) groups is 1. The number of nitrogens with zero attached hydrogens (tertiary/aromatic N) is 2. The quantitative estimate of drug-likeness (QED) is 0.287. The zero-order chi connectivity index (χ0) is 25.3. The minimum absolute atomic E-state index is 0.0637. The molecule has 1 aliphatic heterocycles. The van der Waals surface area contributed by atoms with E-state index in [1.54, 1.807) is 22.7 Å². The molecule has 3 heterocycles. The van der Waals surface area contributed by atoms with Crippen molar-refractivity contribution in [2.75, 3.05) is 24.2 Å². The van der Waals surface area contributed by atoms with Crippen molar-refractivity contribution in [2.24, 2.45) is 0 Å². The lowest BCUT2D eigenvalue weighted by Gasteiger charge is -2.25. The van der Waals surface area contributed by atoms with Crippen molar-refractivity contribution < 1.29 is 17.6 Å². The fourth-order valence-electron chi connectivity index (χ4n) is 4.39. The predicted molar refractivity (Wildman–Crippen MR) is 144 cm³/mol. The second kappa shape index (κ2) is 10.4. The minimum Gasteiger partial charge on any atom is -0.317 e. The first-order valence-corrected chi connectivity index (χ1v) is 15.1. The lowest BCUT2D eigenvalue weighted by atomic mass is 10.0. The Morgan fingerprint density at radius 1 is 1.14 bits per heavy atom. The number of likely N-dealkylation sites (N-methyl/N-ethyl adjacent to an activating group) is 1. The summed E-state index contributed by atoms with van der Waals surface area (Å²) < 4.78 is 39.3. The highest BCUT2D eigenvalue weighted by molar-refractivity contribution is 7.91. The van der Waals surface area contributed by atoms with Crippen LogP contribution in [0.5, 0.6) is 0 Å². The molecule has 0 atom stereocenters. The molecule has 0 aliphatic carbocycles. The number of nitrogens with one attached hydrogen (secondary N) is 1. The van der Waals surface area contributed by atoms with Crippen LogP contribution >= 0.6 is 22.7 Å². The average molecular weight is 544 g/mol. The van der Waals surface area contributed by atoms with Crippen molar-refractivity contribution in [1.29, 1.82) is 0 Å². The van der Waals surface area contributed by atoms with Gasteiger partial charge in [0.15, 0.2) is 9.84 Å². The number of thiazole rings is 1. The van der Waals surface area contributed by atoms with E-state index in [1.165, 1.54) is 22.6 Å². The third-order valence-electron chi connectivity index (χ3n) is 6.33. The lowest BCUT2D eigenvalue weighted by molar-refractivity contribution is -0.116. The van der Waals surface area contributed by atoms with E-state index in [4.69, 9.17) is 4.98 Å². The number of amides is 1. The SMILES string of the molecule is CCN1CCc2c(sc(NC(=O)CCCS(=O)(=O)c3ccc(F)cc3)c2-c2nc3ccccc3s2)C1. The Morgan fingerprint density at radius 2 is 1.92 bits per heavy atom. The molecule has 1 aliphatic rings. The van der Waals surface area contributed by atoms with Gasteiger partial charge in [0.25, 0.3) is 0 Å². The van der Waals surface area contributed by atoms with E-state index in [0.29, 0.717) is 0 Å². The highest BCUT2D eigenvalue weighted by Gasteiger charge is 2.27. The van der Waals surface area contributed by atoms with Gasteiger partial charge in [0, 0.05) is 30.0 Å². The fraction of sp³-hybridized carbons (Fsp3) is 0.308. The predicted octanol–water partition coefficient (Wildman–Crippen LogP) is 5.73. The summed E-state index contributed by atoms with van der Waals surface area (Å²) in [5.41, 5.74) is 3.18. The number of benzene rings is 2. The third-order valence-corrected chi connectivity index (χ3v) is 10.3. The summed E-state index contributed by atoms with van der Waals surface area (Å²) in [5.74, 6) is -0.890. The maximum absolute atomic E-state index is 13.1. The van der Waals surface area contributed by atoms with E-state index in [1.807, 2.05) is 24.3 Å². The van der Waals surface area contributed by atoms with E-state index in [0.717, 1.165) is 64.0 Å². The van der Waals surface area contributed by atoms with Gasteiger partial charge in [-0.15, -0.1) is 22.7 Å². The molecule has 0 saturated heterocycles. The molecule has 4 aromatic rings. The van der Waals surface area contributed by atoms with Gasteiger partial charge in [-0.05, 0) is 61.3 Å². The number of thiophene rings is 1. The number of anilines is 1. The Labute approximate surface area is 217 Å². The molecule has 0 spiro atoms. The van der Waals surface area contributed by atoms with Gasteiger partial charge < -0.3 is 5.32 Å². The van der Waals surface area contributed by atoms with Crippen molar-refractivity contribution >= 4 is 53.6 Å². The number of hydrogen-bond acceptors (Lipinski definition) is 7. The van der Waals surface area contributed by atoms with Crippen molar-refractivity contribution in [3.8, 4) is 10.6 Å². The second-order valence-electron chi connectivity index (χ2n) is 8.74. The summed E-state index contributed by atoms with van der Waals surface area (Å²) in [6.07, 6.45) is 1.15. The van der Waals surface area contributed by atoms with Crippen LogP contribution < -0.4 is 5.32 Å². The topological polar surface area (TPSA) is 79.4 Å². The molecule has 0 radical (unpaired) electrons. The van der Waals surface area contributed by atoms with Crippen LogP contribution in [0.25, 0.3) is 20.8 Å². The molecule has 0 saturated carbocycles. The number of hydrogen-bond donors (Lipinski definition) is 1. The molecular weight excluding hydrogens is 518 g/mol. The number of rotatable bonds is 8. The molecule has 10 heteroatoms. The van der Waals surface area contributed by atoms with Crippen molar-refractivity contribution in [2.45, 2.75) is 37.6 Å². The summed E-state index contributed by atoms with van der Waals surface area (Å²) >= 11 is 3.21. The molecule has 1 N–H and O–H groups in total. The first-order chi connectivity index (χ1) is 17.3. The van der Waals surface area contributed by atoms with Gasteiger partial charge in [-0.2, -0.15) is 0 Å². The largest absolute Gasteiger partial charge is 0.317 e. The van der Waals surface area contributed by atoms with Crippen LogP contribution in [0.4, 0.5) is 9.39 Å². The Kier molecular flexibility index (Phi) is 7.21. The van der Waals surface area contributed by atoms with Crippen molar-refractivity contribution in [3.05, 3.63) is 64.8 Å². The summed E-state index contributed by atoms with van der Waals surface area (Å²) in [6, 6.07) is 12.8. The number of sulfone groups is 1. The van der Waals surface area contributed by atoms with Crippen LogP contribution in [0.1, 0.15) is 30.2 Å². The normalized spacial score (nSPS) is 14.2. The molecule has 36 heavy (non-hydrogen) atoms. The number of halogens is 1. The van der Waals surface area contributed by atoms with Gasteiger partial charge in [-0.3, -0.25) is 9.69 Å². The highest BCUT2D eigenvalue weighted by atomic mass is 32.2. The summed E-state index contributed by atoms with van der Waals surface area (Å²) in [5, 5.41) is 4.74. The maximum atomic E-state index is 13.1. The summed E-state index contributed by atoms with van der Waals surface area (Å²) in [7, 11) is -3.58.